The Kier molecular flexibility index (Phi) is 9.50. The Morgan fingerprint density at radius 1 is 0.224 bits per heavy atom. The smallest absolute Gasteiger partial charge is 0.150 e. The molecule has 0 aromatic heterocycles. The molecule has 9 rings (SSSR count). The minimum absolute atomic E-state index is 0.611. The highest BCUT2D eigenvalue weighted by Crippen LogP contribution is 2.46. The van der Waals surface area contributed by atoms with Crippen LogP contribution in [0.5, 0.6) is 0 Å². The van der Waals surface area contributed by atoms with Gasteiger partial charge in [-0.3, -0.25) is 19.2 Å². The molecule has 0 amide bonds. The van der Waals surface area contributed by atoms with Crippen LogP contribution in [0.3, 0.4) is 0 Å². The van der Waals surface area contributed by atoms with Gasteiger partial charge < -0.3 is 0 Å². The lowest BCUT2D eigenvalue weighted by Gasteiger charge is -2.20. The van der Waals surface area contributed by atoms with E-state index in [2.05, 4.69) is 84.9 Å². The van der Waals surface area contributed by atoms with Gasteiger partial charge in [0.25, 0.3) is 0 Å². The van der Waals surface area contributed by atoms with Gasteiger partial charge in [0.1, 0.15) is 25.1 Å². The van der Waals surface area contributed by atoms with Crippen LogP contribution in [0.2, 0.25) is 0 Å². The maximum Gasteiger partial charge on any atom is 0.150 e. The second kappa shape index (κ2) is 15.4. The molecule has 0 radical (unpaired) electrons. The lowest BCUT2D eigenvalue weighted by atomic mass is 9.83. The van der Waals surface area contributed by atoms with E-state index in [0.717, 1.165) is 113 Å². The molecule has 0 atom stereocenters. The fourth-order valence-corrected chi connectivity index (χ4v) is 7.98. The van der Waals surface area contributed by atoms with Gasteiger partial charge in [0.05, 0.1) is 0 Å². The molecule has 0 aliphatic heterocycles. The standard InChI is InChI=1S/C54H34O4/c55-31-35-9-17-39(18-10-35)43-25-44(40-19-11-36(32-56)12-20-40)28-47(27-43)53-49-5-1-2-6-50(49)54(52-8-4-3-7-51(52)53)48-29-45(41-21-13-37(33-57)14-22-41)26-46(30-48)42-23-15-38(34-58)16-24-42/h1-34H. The number of carbonyl (C=O) groups excluding carboxylic acids is 4. The van der Waals surface area contributed by atoms with Crippen molar-refractivity contribution in [3.63, 3.8) is 0 Å². The Hall–Kier alpha value is -7.82. The molecule has 274 valence electrons. The molecule has 4 nitrogen and oxygen atoms in total. The monoisotopic (exact) mass is 746 g/mol. The number of rotatable bonds is 10. The van der Waals surface area contributed by atoms with E-state index in [0.29, 0.717) is 22.3 Å². The maximum atomic E-state index is 11.5. The van der Waals surface area contributed by atoms with E-state index in [1.807, 2.05) is 97.1 Å². The molecular weight excluding hydrogens is 713 g/mol. The largest absolute Gasteiger partial charge is 0.298 e. The van der Waals surface area contributed by atoms with Crippen LogP contribution in [0.15, 0.2) is 182 Å². The van der Waals surface area contributed by atoms with Crippen molar-refractivity contribution in [2.24, 2.45) is 0 Å². The van der Waals surface area contributed by atoms with E-state index in [1.165, 1.54) is 0 Å². The third kappa shape index (κ3) is 6.74. The van der Waals surface area contributed by atoms with Gasteiger partial charge in [-0.1, -0.05) is 146 Å². The topological polar surface area (TPSA) is 68.3 Å². The SMILES string of the molecule is O=Cc1ccc(-c2cc(-c3ccc(C=O)cc3)cc(-c3c4ccccc4c(-c4cc(-c5ccc(C=O)cc5)cc(-c5ccc(C=O)cc5)c4)c4ccccc34)c2)cc1. The quantitative estimate of drug-likeness (QED) is 0.103. The van der Waals surface area contributed by atoms with Crippen LogP contribution < -0.4 is 0 Å². The van der Waals surface area contributed by atoms with Crippen molar-refractivity contribution >= 4 is 46.7 Å². The molecule has 0 aliphatic carbocycles. The summed E-state index contributed by atoms with van der Waals surface area (Å²) in [6.45, 7) is 0. The molecule has 4 heteroatoms. The van der Waals surface area contributed by atoms with Gasteiger partial charge in [0, 0.05) is 22.3 Å². The summed E-state index contributed by atoms with van der Waals surface area (Å²) in [5.74, 6) is 0. The van der Waals surface area contributed by atoms with E-state index in [4.69, 9.17) is 0 Å². The zero-order chi connectivity index (χ0) is 39.6. The highest BCUT2D eigenvalue weighted by molar-refractivity contribution is 6.22. The predicted octanol–water partition coefficient (Wildman–Crippen LogP) is 13.2. The first-order valence-corrected chi connectivity index (χ1v) is 19.0. The molecule has 0 saturated carbocycles. The predicted molar refractivity (Wildman–Crippen MR) is 236 cm³/mol. The molecule has 0 heterocycles. The van der Waals surface area contributed by atoms with E-state index < -0.39 is 0 Å². The van der Waals surface area contributed by atoms with E-state index >= 15 is 0 Å². The van der Waals surface area contributed by atoms with Crippen LogP contribution in [-0.2, 0) is 0 Å². The van der Waals surface area contributed by atoms with Crippen LogP contribution >= 0.6 is 0 Å². The summed E-state index contributed by atoms with van der Waals surface area (Å²) in [7, 11) is 0. The summed E-state index contributed by atoms with van der Waals surface area (Å²) in [4.78, 5) is 46.2. The lowest BCUT2D eigenvalue weighted by Crippen LogP contribution is -1.93. The van der Waals surface area contributed by atoms with Crippen molar-refractivity contribution in [1.82, 2.24) is 0 Å². The molecule has 0 bridgehead atoms. The van der Waals surface area contributed by atoms with Crippen LogP contribution in [0, 0.1) is 0 Å². The normalized spacial score (nSPS) is 11.0. The second-order valence-corrected chi connectivity index (χ2v) is 14.4. The number of hydrogen-bond donors (Lipinski definition) is 0. The fraction of sp³-hybridized carbons (Fsp3) is 0. The van der Waals surface area contributed by atoms with Crippen molar-refractivity contribution < 1.29 is 19.2 Å². The van der Waals surface area contributed by atoms with Crippen molar-refractivity contribution in [2.45, 2.75) is 0 Å². The summed E-state index contributed by atoms with van der Waals surface area (Å²) in [6.07, 6.45) is 3.41. The summed E-state index contributed by atoms with van der Waals surface area (Å²) in [6, 6.07) is 60.8. The molecule has 9 aromatic carbocycles. The first-order chi connectivity index (χ1) is 28.5. The third-order valence-corrected chi connectivity index (χ3v) is 10.9. The van der Waals surface area contributed by atoms with E-state index in [9.17, 15) is 19.2 Å². The maximum absolute atomic E-state index is 11.5. The van der Waals surface area contributed by atoms with Crippen molar-refractivity contribution in [3.8, 4) is 66.8 Å². The van der Waals surface area contributed by atoms with Crippen LogP contribution in [-0.4, -0.2) is 25.1 Å². The number of benzene rings is 9. The van der Waals surface area contributed by atoms with Crippen molar-refractivity contribution in [1.29, 1.82) is 0 Å². The summed E-state index contributed by atoms with van der Waals surface area (Å²) in [5.41, 5.74) is 14.6. The average Bonchev–Trinajstić information content (AvgIpc) is 3.30. The molecule has 0 unspecified atom stereocenters. The van der Waals surface area contributed by atoms with Gasteiger partial charge in [-0.2, -0.15) is 0 Å². The summed E-state index contributed by atoms with van der Waals surface area (Å²) < 4.78 is 0. The molecule has 0 aliphatic rings. The van der Waals surface area contributed by atoms with Gasteiger partial charge in [-0.25, -0.2) is 0 Å². The Balaban J connectivity index is 1.32. The highest BCUT2D eigenvalue weighted by atomic mass is 16.1. The molecule has 58 heavy (non-hydrogen) atoms. The zero-order valence-electron chi connectivity index (χ0n) is 31.3. The van der Waals surface area contributed by atoms with Gasteiger partial charge in [0.2, 0.25) is 0 Å². The Morgan fingerprint density at radius 3 is 0.638 bits per heavy atom. The van der Waals surface area contributed by atoms with Crippen molar-refractivity contribution in [2.75, 3.05) is 0 Å². The first-order valence-electron chi connectivity index (χ1n) is 19.0. The van der Waals surface area contributed by atoms with E-state index in [-0.39, 0.29) is 0 Å². The van der Waals surface area contributed by atoms with Crippen molar-refractivity contribution in [3.05, 3.63) is 204 Å². The lowest BCUT2D eigenvalue weighted by molar-refractivity contribution is 0.111. The molecular formula is C54H34O4. The van der Waals surface area contributed by atoms with Gasteiger partial charge >= 0.3 is 0 Å². The minimum atomic E-state index is 0.611. The highest BCUT2D eigenvalue weighted by Gasteiger charge is 2.19. The number of fused-ring (bicyclic) bond motifs is 2. The summed E-state index contributed by atoms with van der Waals surface area (Å²) >= 11 is 0. The molecule has 9 aromatic rings. The average molecular weight is 747 g/mol. The van der Waals surface area contributed by atoms with Gasteiger partial charge in [0.15, 0.2) is 0 Å². The molecule has 0 saturated heterocycles. The number of carbonyl (C=O) groups is 4. The molecule has 0 N–H and O–H groups in total. The third-order valence-electron chi connectivity index (χ3n) is 10.9. The Morgan fingerprint density at radius 2 is 0.431 bits per heavy atom. The minimum Gasteiger partial charge on any atom is -0.298 e. The number of hydrogen-bond acceptors (Lipinski definition) is 4. The second-order valence-electron chi connectivity index (χ2n) is 14.4. The van der Waals surface area contributed by atoms with Gasteiger partial charge in [-0.15, -0.1) is 0 Å². The fourth-order valence-electron chi connectivity index (χ4n) is 7.98. The van der Waals surface area contributed by atoms with Crippen LogP contribution in [0.25, 0.3) is 88.3 Å². The van der Waals surface area contributed by atoms with E-state index in [1.54, 1.807) is 0 Å². The Labute approximate surface area is 335 Å². The molecule has 0 fully saturated rings. The van der Waals surface area contributed by atoms with Crippen LogP contribution in [0.1, 0.15) is 41.4 Å². The van der Waals surface area contributed by atoms with Gasteiger partial charge in [-0.05, 0) is 125 Å². The molecule has 0 spiro atoms. The summed E-state index contributed by atoms with van der Waals surface area (Å²) in [5, 5.41) is 4.35. The number of aldehydes is 4. The first kappa shape index (κ1) is 35.9. The van der Waals surface area contributed by atoms with Crippen LogP contribution in [0.4, 0.5) is 0 Å². The zero-order valence-corrected chi connectivity index (χ0v) is 31.3. The Bertz CT molecular complexity index is 2630.